The van der Waals surface area contributed by atoms with Crippen LogP contribution >= 0.6 is 23.2 Å². The number of hydrogen-bond acceptors (Lipinski definition) is 3. The van der Waals surface area contributed by atoms with Gasteiger partial charge in [0, 0.05) is 18.2 Å². The molecule has 82 valence electrons. The molecular formula is C11H8Cl2N2O. The Balaban J connectivity index is 1.97. The number of aromatic nitrogens is 2. The summed E-state index contributed by atoms with van der Waals surface area (Å²) in [6.45, 7) is 0. The van der Waals surface area contributed by atoms with E-state index in [1.807, 2.05) is 6.07 Å². The lowest BCUT2D eigenvalue weighted by molar-refractivity contribution is 0.386. The number of hydrogen-bond donors (Lipinski definition) is 0. The van der Waals surface area contributed by atoms with Gasteiger partial charge < -0.3 is 4.52 Å². The van der Waals surface area contributed by atoms with E-state index in [9.17, 15) is 0 Å². The van der Waals surface area contributed by atoms with Gasteiger partial charge in [-0.2, -0.15) is 0 Å². The van der Waals surface area contributed by atoms with Crippen LogP contribution in [-0.4, -0.2) is 10.1 Å². The summed E-state index contributed by atoms with van der Waals surface area (Å²) in [6.07, 6.45) is 3.89. The smallest absolute Gasteiger partial charge is 0.140 e. The second-order valence-electron chi connectivity index (χ2n) is 3.87. The maximum Gasteiger partial charge on any atom is 0.140 e. The summed E-state index contributed by atoms with van der Waals surface area (Å²) < 4.78 is 5.25. The SMILES string of the molecule is Clc1cnc(-c2cc(C3CC3)on2)cc1Cl. The van der Waals surface area contributed by atoms with E-state index in [4.69, 9.17) is 27.7 Å². The number of nitrogens with zero attached hydrogens (tertiary/aromatic N) is 2. The average Bonchev–Trinajstić information content (AvgIpc) is 3.01. The molecule has 1 fully saturated rings. The molecule has 3 rings (SSSR count). The zero-order chi connectivity index (χ0) is 11.1. The van der Waals surface area contributed by atoms with Crippen molar-refractivity contribution in [2.45, 2.75) is 18.8 Å². The first-order chi connectivity index (χ1) is 7.74. The van der Waals surface area contributed by atoms with Crippen LogP contribution in [-0.2, 0) is 0 Å². The minimum Gasteiger partial charge on any atom is -0.360 e. The first-order valence-electron chi connectivity index (χ1n) is 5.02. The number of rotatable bonds is 2. The van der Waals surface area contributed by atoms with E-state index >= 15 is 0 Å². The van der Waals surface area contributed by atoms with Crippen molar-refractivity contribution < 1.29 is 4.52 Å². The molecule has 2 aromatic heterocycles. The summed E-state index contributed by atoms with van der Waals surface area (Å²) >= 11 is 11.7. The zero-order valence-electron chi connectivity index (χ0n) is 8.28. The highest BCUT2D eigenvalue weighted by atomic mass is 35.5. The molecular weight excluding hydrogens is 247 g/mol. The Hall–Kier alpha value is -1.06. The summed E-state index contributed by atoms with van der Waals surface area (Å²) in [5.41, 5.74) is 1.39. The Morgan fingerprint density at radius 2 is 1.94 bits per heavy atom. The van der Waals surface area contributed by atoms with E-state index < -0.39 is 0 Å². The van der Waals surface area contributed by atoms with E-state index in [1.54, 1.807) is 6.07 Å². The fourth-order valence-corrected chi connectivity index (χ4v) is 1.78. The highest BCUT2D eigenvalue weighted by Crippen LogP contribution is 2.41. The maximum atomic E-state index is 5.92. The molecule has 0 spiro atoms. The second kappa shape index (κ2) is 3.75. The predicted octanol–water partition coefficient (Wildman–Crippen LogP) is 3.92. The zero-order valence-corrected chi connectivity index (χ0v) is 9.79. The molecule has 0 amide bonds. The molecule has 2 heterocycles. The first-order valence-corrected chi connectivity index (χ1v) is 5.77. The van der Waals surface area contributed by atoms with Gasteiger partial charge in [0.05, 0.1) is 15.7 Å². The third-order valence-corrected chi connectivity index (χ3v) is 3.29. The van der Waals surface area contributed by atoms with Gasteiger partial charge in [-0.3, -0.25) is 4.98 Å². The molecule has 3 nitrogen and oxygen atoms in total. The quantitative estimate of drug-likeness (QED) is 0.816. The highest BCUT2D eigenvalue weighted by Gasteiger charge is 2.28. The summed E-state index contributed by atoms with van der Waals surface area (Å²) in [7, 11) is 0. The molecule has 0 N–H and O–H groups in total. The highest BCUT2D eigenvalue weighted by molar-refractivity contribution is 6.42. The Bertz CT molecular complexity index is 535. The summed E-state index contributed by atoms with van der Waals surface area (Å²) in [5, 5.41) is 4.89. The maximum absolute atomic E-state index is 5.92. The Morgan fingerprint density at radius 1 is 1.12 bits per heavy atom. The lowest BCUT2D eigenvalue weighted by Gasteiger charge is -1.97. The summed E-state index contributed by atoms with van der Waals surface area (Å²) in [4.78, 5) is 4.16. The largest absolute Gasteiger partial charge is 0.360 e. The van der Waals surface area contributed by atoms with Gasteiger partial charge in [0.15, 0.2) is 0 Å². The van der Waals surface area contributed by atoms with Crippen molar-refractivity contribution >= 4 is 23.2 Å². The van der Waals surface area contributed by atoms with Crippen molar-refractivity contribution in [3.05, 3.63) is 34.1 Å². The molecule has 16 heavy (non-hydrogen) atoms. The van der Waals surface area contributed by atoms with E-state index in [0.717, 1.165) is 5.76 Å². The van der Waals surface area contributed by atoms with Crippen LogP contribution in [0.4, 0.5) is 0 Å². The van der Waals surface area contributed by atoms with Gasteiger partial charge >= 0.3 is 0 Å². The van der Waals surface area contributed by atoms with Crippen molar-refractivity contribution in [1.29, 1.82) is 0 Å². The van der Waals surface area contributed by atoms with E-state index in [0.29, 0.717) is 27.4 Å². The molecule has 0 aliphatic heterocycles. The topological polar surface area (TPSA) is 38.9 Å². The van der Waals surface area contributed by atoms with Crippen LogP contribution in [0.15, 0.2) is 22.9 Å². The van der Waals surface area contributed by atoms with E-state index in [1.165, 1.54) is 19.0 Å². The summed E-state index contributed by atoms with van der Waals surface area (Å²) in [6, 6.07) is 3.61. The van der Waals surface area contributed by atoms with Gasteiger partial charge in [-0.05, 0) is 18.9 Å². The molecule has 1 aliphatic rings. The fourth-order valence-electron chi connectivity index (χ4n) is 1.52. The molecule has 0 unspecified atom stereocenters. The van der Waals surface area contributed by atoms with Gasteiger partial charge in [0.1, 0.15) is 11.5 Å². The Morgan fingerprint density at radius 3 is 2.62 bits per heavy atom. The van der Waals surface area contributed by atoms with Crippen molar-refractivity contribution in [1.82, 2.24) is 10.1 Å². The van der Waals surface area contributed by atoms with Crippen LogP contribution in [0.2, 0.25) is 10.0 Å². The van der Waals surface area contributed by atoms with E-state index in [-0.39, 0.29) is 0 Å². The minimum absolute atomic E-state index is 0.441. The van der Waals surface area contributed by atoms with Crippen molar-refractivity contribution in [3.63, 3.8) is 0 Å². The third kappa shape index (κ3) is 1.81. The van der Waals surface area contributed by atoms with Crippen molar-refractivity contribution in [3.8, 4) is 11.4 Å². The minimum atomic E-state index is 0.441. The Kier molecular flexibility index (Phi) is 2.37. The molecule has 0 radical (unpaired) electrons. The molecule has 0 saturated heterocycles. The second-order valence-corrected chi connectivity index (χ2v) is 4.69. The standard InChI is InChI=1S/C11H8Cl2N2O/c12-7-3-9(14-5-8(7)13)10-4-11(16-15-10)6-1-2-6/h3-6H,1-2H2. The third-order valence-electron chi connectivity index (χ3n) is 2.58. The van der Waals surface area contributed by atoms with Crippen molar-refractivity contribution in [2.75, 3.05) is 0 Å². The van der Waals surface area contributed by atoms with Crippen LogP contribution in [0.1, 0.15) is 24.5 Å². The van der Waals surface area contributed by atoms with Gasteiger partial charge in [-0.1, -0.05) is 28.4 Å². The monoisotopic (exact) mass is 254 g/mol. The predicted molar refractivity (Wildman–Crippen MR) is 61.7 cm³/mol. The molecule has 2 aromatic rings. The molecule has 1 aliphatic carbocycles. The normalized spacial score (nSPS) is 15.4. The van der Waals surface area contributed by atoms with Crippen LogP contribution in [0.5, 0.6) is 0 Å². The molecule has 1 saturated carbocycles. The molecule has 0 aromatic carbocycles. The molecule has 0 atom stereocenters. The number of halogens is 2. The summed E-state index contributed by atoms with van der Waals surface area (Å²) in [5.74, 6) is 1.48. The van der Waals surface area contributed by atoms with Gasteiger partial charge in [0.25, 0.3) is 0 Å². The average molecular weight is 255 g/mol. The van der Waals surface area contributed by atoms with Crippen LogP contribution in [0.3, 0.4) is 0 Å². The van der Waals surface area contributed by atoms with Crippen molar-refractivity contribution in [2.24, 2.45) is 0 Å². The van der Waals surface area contributed by atoms with Crippen LogP contribution in [0, 0.1) is 0 Å². The van der Waals surface area contributed by atoms with Crippen LogP contribution in [0.25, 0.3) is 11.4 Å². The Labute approximate surface area is 102 Å². The van der Waals surface area contributed by atoms with Crippen LogP contribution < -0.4 is 0 Å². The fraction of sp³-hybridized carbons (Fsp3) is 0.273. The lowest BCUT2D eigenvalue weighted by Crippen LogP contribution is -1.83. The lowest BCUT2D eigenvalue weighted by atomic mass is 10.2. The van der Waals surface area contributed by atoms with Gasteiger partial charge in [0.2, 0.25) is 0 Å². The van der Waals surface area contributed by atoms with Gasteiger partial charge in [-0.25, -0.2) is 0 Å². The molecule has 0 bridgehead atoms. The first kappa shape index (κ1) is 10.1. The van der Waals surface area contributed by atoms with E-state index in [2.05, 4.69) is 10.1 Å². The number of pyridine rings is 1. The molecule has 5 heteroatoms. The van der Waals surface area contributed by atoms with Gasteiger partial charge in [-0.15, -0.1) is 0 Å².